The highest BCUT2D eigenvalue weighted by molar-refractivity contribution is 7.98. The van der Waals surface area contributed by atoms with E-state index in [-0.39, 0.29) is 0 Å². The molecule has 0 aliphatic heterocycles. The Kier molecular flexibility index (Phi) is 3.78. The number of nitrogens with two attached hydrogens (primary N) is 1. The Morgan fingerprint density at radius 2 is 2.29 bits per heavy atom. The van der Waals surface area contributed by atoms with Crippen molar-refractivity contribution in [2.75, 3.05) is 24.9 Å². The summed E-state index contributed by atoms with van der Waals surface area (Å²) >= 11 is 1.84. The number of methoxy groups -OCH3 is 1. The van der Waals surface area contributed by atoms with Crippen LogP contribution in [-0.4, -0.2) is 28.7 Å². The molecule has 0 spiro atoms. The molecule has 0 saturated heterocycles. The number of aryl methyl sites for hydroxylation is 1. The van der Waals surface area contributed by atoms with Gasteiger partial charge in [0, 0.05) is 12.6 Å². The predicted octanol–water partition coefficient (Wildman–Crippen LogP) is 2.38. The van der Waals surface area contributed by atoms with Crippen LogP contribution in [0.1, 0.15) is 6.42 Å². The van der Waals surface area contributed by atoms with Gasteiger partial charge in [0.15, 0.2) is 0 Å². The molecule has 2 N–H and O–H groups in total. The third-order valence-corrected chi connectivity index (χ3v) is 3.41. The van der Waals surface area contributed by atoms with Crippen LogP contribution in [0.3, 0.4) is 0 Å². The van der Waals surface area contributed by atoms with Gasteiger partial charge in [-0.3, -0.25) is 0 Å². The first kappa shape index (κ1) is 12.1. The van der Waals surface area contributed by atoms with E-state index >= 15 is 0 Å². The molecule has 0 aliphatic carbocycles. The van der Waals surface area contributed by atoms with Gasteiger partial charge < -0.3 is 15.0 Å². The fourth-order valence-corrected chi connectivity index (χ4v) is 2.27. The fourth-order valence-electron chi connectivity index (χ4n) is 1.85. The maximum atomic E-state index is 5.93. The monoisotopic (exact) mass is 251 g/mol. The molecule has 2 rings (SSSR count). The maximum absolute atomic E-state index is 5.93. The molecule has 92 valence electrons. The second kappa shape index (κ2) is 5.31. The lowest BCUT2D eigenvalue weighted by atomic mass is 10.3. The summed E-state index contributed by atoms with van der Waals surface area (Å²) in [5, 5.41) is 0. The summed E-state index contributed by atoms with van der Waals surface area (Å²) in [6, 6.07) is 5.83. The lowest BCUT2D eigenvalue weighted by Gasteiger charge is -2.06. The Balaban J connectivity index is 2.34. The van der Waals surface area contributed by atoms with Gasteiger partial charge in [0.25, 0.3) is 0 Å². The highest BCUT2D eigenvalue weighted by atomic mass is 32.2. The van der Waals surface area contributed by atoms with Crippen molar-refractivity contribution in [1.82, 2.24) is 9.55 Å². The van der Waals surface area contributed by atoms with Gasteiger partial charge in [-0.15, -0.1) is 0 Å². The molecule has 0 radical (unpaired) electrons. The normalized spacial score (nSPS) is 10.9. The zero-order valence-electron chi connectivity index (χ0n) is 10.1. The molecule has 0 saturated carbocycles. The summed E-state index contributed by atoms with van der Waals surface area (Å²) in [7, 11) is 1.67. The number of nitrogen functional groups attached to an aromatic ring is 1. The molecular weight excluding hydrogens is 234 g/mol. The van der Waals surface area contributed by atoms with Crippen molar-refractivity contribution in [3.05, 3.63) is 18.2 Å². The molecule has 17 heavy (non-hydrogen) atoms. The van der Waals surface area contributed by atoms with E-state index in [0.29, 0.717) is 5.95 Å². The highest BCUT2D eigenvalue weighted by Crippen LogP contribution is 2.23. The number of nitrogens with zero attached hydrogens (tertiary/aromatic N) is 2. The van der Waals surface area contributed by atoms with Gasteiger partial charge in [-0.05, 0) is 30.6 Å². The number of thioether (sulfide) groups is 1. The maximum Gasteiger partial charge on any atom is 0.201 e. The summed E-state index contributed by atoms with van der Waals surface area (Å²) in [6.07, 6.45) is 3.20. The summed E-state index contributed by atoms with van der Waals surface area (Å²) in [4.78, 5) is 4.35. The lowest BCUT2D eigenvalue weighted by molar-refractivity contribution is 0.415. The molecule has 1 aromatic carbocycles. The Hall–Kier alpha value is -1.36. The summed E-state index contributed by atoms with van der Waals surface area (Å²) in [6.45, 7) is 0.899. The first-order valence-electron chi connectivity index (χ1n) is 5.55. The van der Waals surface area contributed by atoms with Crippen molar-refractivity contribution < 1.29 is 4.74 Å². The number of hydrogen-bond donors (Lipinski definition) is 1. The number of imidazole rings is 1. The van der Waals surface area contributed by atoms with Gasteiger partial charge in [-0.1, -0.05) is 0 Å². The SMILES string of the molecule is COc1ccc2nc(N)n(CCCSC)c2c1. The average Bonchev–Trinajstić information content (AvgIpc) is 2.65. The molecule has 0 unspecified atom stereocenters. The third-order valence-electron chi connectivity index (χ3n) is 2.72. The number of hydrogen-bond acceptors (Lipinski definition) is 4. The standard InChI is InChI=1S/C12H17N3OS/c1-16-9-4-5-10-11(8-9)15(12(13)14-10)6-3-7-17-2/h4-5,8H,3,6-7H2,1-2H3,(H2,13,14). The van der Waals surface area contributed by atoms with Crippen LogP contribution in [0.5, 0.6) is 5.75 Å². The van der Waals surface area contributed by atoms with Crippen molar-refractivity contribution in [2.24, 2.45) is 0 Å². The van der Waals surface area contributed by atoms with Crippen molar-refractivity contribution in [3.8, 4) is 5.75 Å². The van der Waals surface area contributed by atoms with E-state index in [1.165, 1.54) is 0 Å². The summed E-state index contributed by atoms with van der Waals surface area (Å²) in [5.41, 5.74) is 7.90. The molecule has 1 heterocycles. The van der Waals surface area contributed by atoms with E-state index in [4.69, 9.17) is 10.5 Å². The van der Waals surface area contributed by atoms with Crippen LogP contribution in [-0.2, 0) is 6.54 Å². The Bertz CT molecular complexity index is 510. The highest BCUT2D eigenvalue weighted by Gasteiger charge is 2.08. The van der Waals surface area contributed by atoms with Crippen molar-refractivity contribution >= 4 is 28.7 Å². The molecular formula is C12H17N3OS. The molecule has 0 bridgehead atoms. The topological polar surface area (TPSA) is 53.1 Å². The number of fused-ring (bicyclic) bond motifs is 1. The molecule has 2 aromatic rings. The Morgan fingerprint density at radius 1 is 1.47 bits per heavy atom. The number of aromatic nitrogens is 2. The van der Waals surface area contributed by atoms with Gasteiger partial charge in [0.05, 0.1) is 18.1 Å². The second-order valence-corrected chi connectivity index (χ2v) is 4.81. The van der Waals surface area contributed by atoms with Crippen LogP contribution in [0, 0.1) is 0 Å². The number of rotatable bonds is 5. The molecule has 0 amide bonds. The van der Waals surface area contributed by atoms with E-state index < -0.39 is 0 Å². The Labute approximate surface area is 105 Å². The molecule has 0 aliphatic rings. The van der Waals surface area contributed by atoms with Gasteiger partial charge in [-0.25, -0.2) is 4.98 Å². The predicted molar refractivity (Wildman–Crippen MR) is 73.7 cm³/mol. The molecule has 0 atom stereocenters. The van der Waals surface area contributed by atoms with Crippen molar-refractivity contribution in [1.29, 1.82) is 0 Å². The molecule has 1 aromatic heterocycles. The summed E-state index contributed by atoms with van der Waals surface area (Å²) < 4.78 is 7.28. The molecule has 0 fully saturated rings. The number of benzene rings is 1. The largest absolute Gasteiger partial charge is 0.497 e. The van der Waals surface area contributed by atoms with Crippen LogP contribution in [0.25, 0.3) is 11.0 Å². The quantitative estimate of drug-likeness (QED) is 0.829. The van der Waals surface area contributed by atoms with Crippen molar-refractivity contribution in [2.45, 2.75) is 13.0 Å². The zero-order valence-corrected chi connectivity index (χ0v) is 11.0. The van der Waals surface area contributed by atoms with E-state index in [0.717, 1.165) is 35.5 Å². The first-order chi connectivity index (χ1) is 8.26. The zero-order chi connectivity index (χ0) is 12.3. The number of anilines is 1. The lowest BCUT2D eigenvalue weighted by Crippen LogP contribution is -2.04. The van der Waals surface area contributed by atoms with E-state index in [2.05, 4.69) is 11.2 Å². The van der Waals surface area contributed by atoms with E-state index in [9.17, 15) is 0 Å². The first-order valence-corrected chi connectivity index (χ1v) is 6.94. The van der Waals surface area contributed by atoms with E-state index in [1.807, 2.05) is 34.5 Å². The van der Waals surface area contributed by atoms with Crippen LogP contribution < -0.4 is 10.5 Å². The fraction of sp³-hybridized carbons (Fsp3) is 0.417. The Morgan fingerprint density at radius 3 is 3.00 bits per heavy atom. The van der Waals surface area contributed by atoms with Crippen LogP contribution >= 0.6 is 11.8 Å². The summed E-state index contributed by atoms with van der Waals surface area (Å²) in [5.74, 6) is 2.54. The minimum absolute atomic E-state index is 0.578. The van der Waals surface area contributed by atoms with Crippen LogP contribution in [0.4, 0.5) is 5.95 Å². The third kappa shape index (κ3) is 2.49. The second-order valence-electron chi connectivity index (χ2n) is 3.82. The van der Waals surface area contributed by atoms with Crippen molar-refractivity contribution in [3.63, 3.8) is 0 Å². The van der Waals surface area contributed by atoms with Crippen LogP contribution in [0.2, 0.25) is 0 Å². The van der Waals surface area contributed by atoms with Crippen LogP contribution in [0.15, 0.2) is 18.2 Å². The number of ether oxygens (including phenoxy) is 1. The van der Waals surface area contributed by atoms with Gasteiger partial charge in [0.1, 0.15) is 5.75 Å². The van der Waals surface area contributed by atoms with Gasteiger partial charge in [-0.2, -0.15) is 11.8 Å². The molecule has 5 heteroatoms. The smallest absolute Gasteiger partial charge is 0.201 e. The van der Waals surface area contributed by atoms with Gasteiger partial charge in [0.2, 0.25) is 5.95 Å². The van der Waals surface area contributed by atoms with E-state index in [1.54, 1.807) is 7.11 Å². The molecule has 4 nitrogen and oxygen atoms in total. The average molecular weight is 251 g/mol. The van der Waals surface area contributed by atoms with Gasteiger partial charge >= 0.3 is 0 Å². The minimum atomic E-state index is 0.578. The minimum Gasteiger partial charge on any atom is -0.497 e.